The van der Waals surface area contributed by atoms with Gasteiger partial charge in [-0.15, -0.1) is 0 Å². The molecule has 0 aliphatic carbocycles. The summed E-state index contributed by atoms with van der Waals surface area (Å²) in [6.45, 7) is 6.98. The van der Waals surface area contributed by atoms with E-state index >= 15 is 0 Å². The Bertz CT molecular complexity index is 683. The number of Topliss-reactive ketones (excluding diaryl/α,β-unsaturated/α-hetero) is 1. The van der Waals surface area contributed by atoms with Gasteiger partial charge in [-0.25, -0.2) is 0 Å². The van der Waals surface area contributed by atoms with E-state index in [0.29, 0.717) is 16.8 Å². The maximum atomic E-state index is 12.0. The first kappa shape index (κ1) is 15.2. The zero-order valence-electron chi connectivity index (χ0n) is 12.7. The molecule has 0 fully saturated rings. The van der Waals surface area contributed by atoms with Crippen molar-refractivity contribution in [1.29, 1.82) is 0 Å². The standard InChI is InChI=1S/C15H19N3O3/c1-9(19)5-11-14-10(6-13(20)21-15(2,3)4)7-16-8-12(14)18-17-11/h7-8H,5-6H2,1-4H3,(H,17,18). The Morgan fingerprint density at radius 2 is 1.95 bits per heavy atom. The Balaban J connectivity index is 2.33. The van der Waals surface area contributed by atoms with Crippen LogP contribution in [0.25, 0.3) is 10.9 Å². The second kappa shape index (κ2) is 5.63. The Morgan fingerprint density at radius 3 is 2.57 bits per heavy atom. The van der Waals surface area contributed by atoms with Gasteiger partial charge in [-0.1, -0.05) is 0 Å². The van der Waals surface area contributed by atoms with E-state index in [1.54, 1.807) is 12.4 Å². The van der Waals surface area contributed by atoms with Crippen molar-refractivity contribution in [2.45, 2.75) is 46.1 Å². The molecular weight excluding hydrogens is 270 g/mol. The molecule has 0 atom stereocenters. The molecule has 2 aromatic heterocycles. The third kappa shape index (κ3) is 3.87. The Hall–Kier alpha value is -2.24. The van der Waals surface area contributed by atoms with E-state index in [1.807, 2.05) is 20.8 Å². The minimum atomic E-state index is -0.531. The molecule has 0 saturated heterocycles. The van der Waals surface area contributed by atoms with Crippen molar-refractivity contribution in [1.82, 2.24) is 15.2 Å². The van der Waals surface area contributed by atoms with E-state index < -0.39 is 5.60 Å². The second-order valence-electron chi connectivity index (χ2n) is 6.04. The van der Waals surface area contributed by atoms with Crippen molar-refractivity contribution < 1.29 is 14.3 Å². The molecule has 0 amide bonds. The lowest BCUT2D eigenvalue weighted by Crippen LogP contribution is -2.25. The van der Waals surface area contributed by atoms with Crippen LogP contribution in [0.15, 0.2) is 12.4 Å². The number of esters is 1. The smallest absolute Gasteiger partial charge is 0.310 e. The van der Waals surface area contributed by atoms with E-state index in [0.717, 1.165) is 5.39 Å². The van der Waals surface area contributed by atoms with Crippen LogP contribution in [0, 0.1) is 0 Å². The number of rotatable bonds is 4. The highest BCUT2D eigenvalue weighted by Crippen LogP contribution is 2.21. The third-order valence-corrected chi connectivity index (χ3v) is 2.80. The third-order valence-electron chi connectivity index (χ3n) is 2.80. The van der Waals surface area contributed by atoms with Crippen molar-refractivity contribution in [2.75, 3.05) is 0 Å². The van der Waals surface area contributed by atoms with Gasteiger partial charge in [-0.2, -0.15) is 5.10 Å². The van der Waals surface area contributed by atoms with Gasteiger partial charge in [-0.3, -0.25) is 19.7 Å². The summed E-state index contributed by atoms with van der Waals surface area (Å²) in [5.41, 5.74) is 1.54. The van der Waals surface area contributed by atoms with Crippen LogP contribution in [0.1, 0.15) is 39.0 Å². The van der Waals surface area contributed by atoms with Gasteiger partial charge in [0.15, 0.2) is 0 Å². The molecule has 2 heterocycles. The summed E-state index contributed by atoms with van der Waals surface area (Å²) in [6, 6.07) is 0. The number of ether oxygens (including phenoxy) is 1. The van der Waals surface area contributed by atoms with Gasteiger partial charge in [0, 0.05) is 18.0 Å². The first-order chi connectivity index (χ1) is 9.76. The number of pyridine rings is 1. The molecule has 2 aromatic rings. The van der Waals surface area contributed by atoms with Gasteiger partial charge < -0.3 is 4.74 Å². The average molecular weight is 289 g/mol. The first-order valence-electron chi connectivity index (χ1n) is 6.77. The molecule has 6 heteroatoms. The van der Waals surface area contributed by atoms with Crippen LogP contribution in [0.3, 0.4) is 0 Å². The van der Waals surface area contributed by atoms with Crippen LogP contribution in [0.4, 0.5) is 0 Å². The lowest BCUT2D eigenvalue weighted by molar-refractivity contribution is -0.153. The van der Waals surface area contributed by atoms with Crippen molar-refractivity contribution in [3.63, 3.8) is 0 Å². The predicted octanol–water partition coefficient (Wildman–Crippen LogP) is 1.97. The van der Waals surface area contributed by atoms with Gasteiger partial charge in [0.25, 0.3) is 0 Å². The van der Waals surface area contributed by atoms with E-state index in [-0.39, 0.29) is 24.6 Å². The fourth-order valence-corrected chi connectivity index (χ4v) is 2.15. The van der Waals surface area contributed by atoms with Crippen LogP contribution in [-0.2, 0) is 27.2 Å². The van der Waals surface area contributed by atoms with Crippen molar-refractivity contribution >= 4 is 22.7 Å². The highest BCUT2D eigenvalue weighted by Gasteiger charge is 2.19. The lowest BCUT2D eigenvalue weighted by atomic mass is 10.1. The van der Waals surface area contributed by atoms with Crippen molar-refractivity contribution in [3.05, 3.63) is 23.7 Å². The Morgan fingerprint density at radius 1 is 1.24 bits per heavy atom. The van der Waals surface area contributed by atoms with Gasteiger partial charge in [-0.05, 0) is 33.3 Å². The molecule has 0 bridgehead atoms. The predicted molar refractivity (Wildman–Crippen MR) is 77.8 cm³/mol. The number of ketones is 1. The van der Waals surface area contributed by atoms with E-state index in [2.05, 4.69) is 15.2 Å². The van der Waals surface area contributed by atoms with Crippen molar-refractivity contribution in [2.24, 2.45) is 0 Å². The average Bonchev–Trinajstić information content (AvgIpc) is 2.70. The number of aromatic amines is 1. The number of carbonyl (C=O) groups excluding carboxylic acids is 2. The number of nitrogens with zero attached hydrogens (tertiary/aromatic N) is 2. The number of H-pyrrole nitrogens is 1. The number of hydrogen-bond donors (Lipinski definition) is 1. The van der Waals surface area contributed by atoms with Crippen molar-refractivity contribution in [3.8, 4) is 0 Å². The molecule has 0 aromatic carbocycles. The topological polar surface area (TPSA) is 84.9 Å². The van der Waals surface area contributed by atoms with E-state index in [9.17, 15) is 9.59 Å². The molecular formula is C15H19N3O3. The fraction of sp³-hybridized carbons (Fsp3) is 0.467. The quantitative estimate of drug-likeness (QED) is 0.870. The van der Waals surface area contributed by atoms with Gasteiger partial charge in [0.1, 0.15) is 16.9 Å². The zero-order chi connectivity index (χ0) is 15.6. The number of aromatic nitrogens is 3. The van der Waals surface area contributed by atoms with Gasteiger partial charge in [0.05, 0.1) is 18.3 Å². The molecule has 21 heavy (non-hydrogen) atoms. The summed E-state index contributed by atoms with van der Waals surface area (Å²) in [5.74, 6) is -0.299. The van der Waals surface area contributed by atoms with Crippen LogP contribution in [-0.4, -0.2) is 32.5 Å². The number of hydrogen-bond acceptors (Lipinski definition) is 5. The molecule has 0 radical (unpaired) electrons. The SMILES string of the molecule is CC(=O)Cc1[nH]nc2cncc(CC(=O)OC(C)(C)C)c12. The molecule has 1 N–H and O–H groups in total. The van der Waals surface area contributed by atoms with Gasteiger partial charge in [0.2, 0.25) is 0 Å². The van der Waals surface area contributed by atoms with E-state index in [4.69, 9.17) is 4.74 Å². The summed E-state index contributed by atoms with van der Waals surface area (Å²) in [4.78, 5) is 27.4. The molecule has 0 unspecified atom stereocenters. The first-order valence-corrected chi connectivity index (χ1v) is 6.77. The monoisotopic (exact) mass is 289 g/mol. The highest BCUT2D eigenvalue weighted by atomic mass is 16.6. The normalized spacial score (nSPS) is 11.6. The van der Waals surface area contributed by atoms with Crippen LogP contribution < -0.4 is 0 Å². The zero-order valence-corrected chi connectivity index (χ0v) is 12.7. The summed E-state index contributed by atoms with van der Waals surface area (Å²) < 4.78 is 5.32. The highest BCUT2D eigenvalue weighted by molar-refractivity contribution is 5.91. The molecule has 0 aliphatic heterocycles. The molecule has 112 valence electrons. The fourth-order valence-electron chi connectivity index (χ4n) is 2.15. The number of fused-ring (bicyclic) bond motifs is 1. The summed E-state index contributed by atoms with van der Waals surface area (Å²) in [7, 11) is 0. The molecule has 0 saturated carbocycles. The molecule has 6 nitrogen and oxygen atoms in total. The maximum absolute atomic E-state index is 12.0. The van der Waals surface area contributed by atoms with Gasteiger partial charge >= 0.3 is 5.97 Å². The maximum Gasteiger partial charge on any atom is 0.310 e. The number of nitrogens with one attached hydrogen (secondary N) is 1. The summed E-state index contributed by atoms with van der Waals surface area (Å²) in [6.07, 6.45) is 3.58. The lowest BCUT2D eigenvalue weighted by Gasteiger charge is -2.19. The minimum absolute atomic E-state index is 0.0283. The largest absolute Gasteiger partial charge is 0.460 e. The van der Waals surface area contributed by atoms with Crippen LogP contribution >= 0.6 is 0 Å². The van der Waals surface area contributed by atoms with E-state index in [1.165, 1.54) is 6.92 Å². The summed E-state index contributed by atoms with van der Waals surface area (Å²) >= 11 is 0. The van der Waals surface area contributed by atoms with Crippen LogP contribution in [0.5, 0.6) is 0 Å². The molecule has 2 rings (SSSR count). The minimum Gasteiger partial charge on any atom is -0.460 e. The Kier molecular flexibility index (Phi) is 4.06. The Labute approximate surface area is 122 Å². The van der Waals surface area contributed by atoms with Crippen LogP contribution in [0.2, 0.25) is 0 Å². The second-order valence-corrected chi connectivity index (χ2v) is 6.04. The number of carbonyl (C=O) groups is 2. The molecule has 0 aliphatic rings. The summed E-state index contributed by atoms with van der Waals surface area (Å²) in [5, 5.41) is 7.75. The molecule has 0 spiro atoms.